The van der Waals surface area contributed by atoms with Gasteiger partial charge in [-0.1, -0.05) is 119 Å². The van der Waals surface area contributed by atoms with Crippen LogP contribution in [0.5, 0.6) is 0 Å². The van der Waals surface area contributed by atoms with E-state index in [1.807, 2.05) is 137 Å². The molecule has 0 saturated carbocycles. The Morgan fingerprint density at radius 1 is 0.505 bits per heavy atom. The van der Waals surface area contributed by atoms with E-state index in [0.717, 1.165) is 35.4 Å². The molecular weight excluding hydrogens is 1250 g/mol. The molecule has 3 aliphatic rings. The van der Waals surface area contributed by atoms with Crippen molar-refractivity contribution >= 4 is 41.8 Å². The minimum atomic E-state index is -0.963. The zero-order valence-electron chi connectivity index (χ0n) is 55.0. The van der Waals surface area contributed by atoms with Gasteiger partial charge in [-0.3, -0.25) is 19.2 Å². The van der Waals surface area contributed by atoms with Crippen molar-refractivity contribution in [1.82, 2.24) is 14.5 Å². The number of halogens is 2. The summed E-state index contributed by atoms with van der Waals surface area (Å²) in [6.07, 6.45) is 3.47. The Kier molecular flexibility index (Phi) is 24.8. The maximum absolute atomic E-state index is 14.5. The number of allylic oxidation sites excluding steroid dienone is 3. The van der Waals surface area contributed by atoms with E-state index in [9.17, 15) is 37.5 Å². The Labute approximate surface area is 563 Å². The van der Waals surface area contributed by atoms with Gasteiger partial charge < -0.3 is 62.4 Å². The SMILES string of the molecule is CC(C)c1c(C(=O)NC2=CCCC=C2)c(-c2ccccc2)c(-c2ccc(F)cc2)n1CCC1CC(OC(=O)OCCOCCOCCOCCOC(=O)OC2CC(=O)OC(CCn3c(-c4ccc(F)cc4)c(-c4ccccc4)c(C(=O)Nc4ccccc4)c3C(C)C)C2)CC(=O)O1. The highest BCUT2D eigenvalue weighted by Gasteiger charge is 2.37. The van der Waals surface area contributed by atoms with Crippen molar-refractivity contribution in [3.63, 3.8) is 0 Å². The summed E-state index contributed by atoms with van der Waals surface area (Å²) in [4.78, 5) is 80.7. The summed E-state index contributed by atoms with van der Waals surface area (Å²) in [5.41, 5.74) is 9.55. The van der Waals surface area contributed by atoms with Gasteiger partial charge in [0.1, 0.15) is 49.3 Å². The molecule has 2 amide bonds. The van der Waals surface area contributed by atoms with E-state index >= 15 is 0 Å². The van der Waals surface area contributed by atoms with Crippen molar-refractivity contribution in [2.24, 2.45) is 0 Å². The van der Waals surface area contributed by atoms with Crippen LogP contribution in [0.15, 0.2) is 163 Å². The van der Waals surface area contributed by atoms with Crippen LogP contribution >= 0.6 is 0 Å². The Morgan fingerprint density at radius 3 is 1.31 bits per heavy atom. The Morgan fingerprint density at radius 2 is 0.907 bits per heavy atom. The van der Waals surface area contributed by atoms with E-state index in [1.165, 1.54) is 24.3 Å². The Balaban J connectivity index is 0.634. The zero-order valence-corrected chi connectivity index (χ0v) is 55.0. The lowest BCUT2D eigenvalue weighted by Crippen LogP contribution is -2.36. The summed E-state index contributed by atoms with van der Waals surface area (Å²) < 4.78 is 83.1. The number of carbonyl (C=O) groups is 6. The first kappa shape index (κ1) is 70.1. The summed E-state index contributed by atoms with van der Waals surface area (Å²) in [5, 5.41) is 6.21. The first-order valence-electron chi connectivity index (χ1n) is 33.1. The fourth-order valence-electron chi connectivity index (χ4n) is 12.6. The number of benzene rings is 5. The minimum Gasteiger partial charge on any atom is -0.462 e. The molecule has 5 aromatic carbocycles. The maximum Gasteiger partial charge on any atom is 0.508 e. The van der Waals surface area contributed by atoms with E-state index in [4.69, 9.17) is 42.6 Å². The van der Waals surface area contributed by atoms with Gasteiger partial charge in [-0.05, 0) is 114 Å². The topological polar surface area (TPSA) is 219 Å². The molecule has 0 bridgehead atoms. The number of anilines is 1. The van der Waals surface area contributed by atoms with Gasteiger partial charge in [0.05, 0.1) is 75.0 Å². The lowest BCUT2D eigenvalue weighted by atomic mass is 9.94. The number of aromatic nitrogens is 2. The molecule has 0 spiro atoms. The molecule has 19 nitrogen and oxygen atoms in total. The number of nitrogens with one attached hydrogen (secondary N) is 2. The second kappa shape index (κ2) is 34.3. The van der Waals surface area contributed by atoms with Crippen LogP contribution in [-0.4, -0.2) is 122 Å². The van der Waals surface area contributed by atoms with E-state index in [0.29, 0.717) is 82.1 Å². The van der Waals surface area contributed by atoms with Gasteiger partial charge in [0, 0.05) is 72.7 Å². The number of para-hydroxylation sites is 1. The number of ether oxygens (including phenoxy) is 9. The van der Waals surface area contributed by atoms with Gasteiger partial charge >= 0.3 is 24.2 Å². The molecule has 2 aliphatic heterocycles. The van der Waals surface area contributed by atoms with Crippen LogP contribution in [0.3, 0.4) is 0 Å². The van der Waals surface area contributed by atoms with Crippen LogP contribution in [-0.2, 0) is 65.3 Å². The molecule has 2 saturated heterocycles. The summed E-state index contributed by atoms with van der Waals surface area (Å²) in [5.74, 6) is -2.78. The van der Waals surface area contributed by atoms with Gasteiger partial charge in [0.2, 0.25) is 0 Å². The highest BCUT2D eigenvalue weighted by Crippen LogP contribution is 2.45. The Bertz CT molecular complexity index is 3890. The van der Waals surface area contributed by atoms with Crippen LogP contribution in [0, 0.1) is 11.6 Å². The smallest absolute Gasteiger partial charge is 0.462 e. The number of hydrogen-bond acceptors (Lipinski definition) is 15. The molecule has 0 radical (unpaired) electrons. The van der Waals surface area contributed by atoms with E-state index < -0.39 is 60.3 Å². The van der Waals surface area contributed by atoms with E-state index in [1.54, 1.807) is 24.3 Å². The zero-order chi connectivity index (χ0) is 68.2. The molecule has 10 rings (SSSR count). The predicted molar refractivity (Wildman–Crippen MR) is 359 cm³/mol. The van der Waals surface area contributed by atoms with Crippen molar-refractivity contribution in [3.8, 4) is 44.8 Å². The first-order valence-corrected chi connectivity index (χ1v) is 33.1. The predicted octanol–water partition coefficient (Wildman–Crippen LogP) is 14.7. The van der Waals surface area contributed by atoms with Gasteiger partial charge in [0.25, 0.3) is 11.8 Å². The van der Waals surface area contributed by atoms with Crippen molar-refractivity contribution in [2.75, 3.05) is 58.2 Å². The maximum atomic E-state index is 14.5. The molecule has 1 aliphatic carbocycles. The molecule has 2 fully saturated rings. The first-order chi connectivity index (χ1) is 47.1. The van der Waals surface area contributed by atoms with Crippen molar-refractivity contribution in [3.05, 3.63) is 198 Å². The molecule has 510 valence electrons. The van der Waals surface area contributed by atoms with Crippen molar-refractivity contribution < 1.29 is 80.2 Å². The minimum absolute atomic E-state index is 0.0458. The average Bonchev–Trinajstić information content (AvgIpc) is 1.60. The third kappa shape index (κ3) is 18.9. The summed E-state index contributed by atoms with van der Waals surface area (Å²) in [6.45, 7) is 9.27. The van der Waals surface area contributed by atoms with E-state index in [2.05, 4.69) is 19.8 Å². The lowest BCUT2D eigenvalue weighted by Gasteiger charge is -2.29. The van der Waals surface area contributed by atoms with Crippen molar-refractivity contribution in [2.45, 2.75) is 128 Å². The highest BCUT2D eigenvalue weighted by atomic mass is 19.1. The molecule has 4 heterocycles. The third-order valence-electron chi connectivity index (χ3n) is 16.8. The van der Waals surface area contributed by atoms with Gasteiger partial charge in [0.15, 0.2) is 0 Å². The fraction of sp³-hybridized carbons (Fsp3) is 0.368. The van der Waals surface area contributed by atoms with Crippen LogP contribution in [0.4, 0.5) is 24.1 Å². The Hall–Kier alpha value is -9.70. The molecule has 2 aromatic heterocycles. The average molecular weight is 1330 g/mol. The van der Waals surface area contributed by atoms with Gasteiger partial charge in [-0.2, -0.15) is 0 Å². The number of amides is 2. The number of hydrogen-bond donors (Lipinski definition) is 2. The monoisotopic (exact) mass is 1330 g/mol. The molecule has 4 unspecified atom stereocenters. The summed E-state index contributed by atoms with van der Waals surface area (Å²) in [6, 6.07) is 40.6. The summed E-state index contributed by atoms with van der Waals surface area (Å²) in [7, 11) is 0. The van der Waals surface area contributed by atoms with Crippen LogP contribution in [0.25, 0.3) is 44.8 Å². The third-order valence-corrected chi connectivity index (χ3v) is 16.8. The molecular formula is C76H82F2N4O15. The van der Waals surface area contributed by atoms with Gasteiger partial charge in [-0.25, -0.2) is 18.4 Å². The van der Waals surface area contributed by atoms with Crippen LogP contribution in [0.2, 0.25) is 0 Å². The quantitative estimate of drug-likeness (QED) is 0.0243. The highest BCUT2D eigenvalue weighted by molar-refractivity contribution is 6.12. The molecule has 97 heavy (non-hydrogen) atoms. The standard InChI is InChI=1S/C76H82F2N4O15/c1-49(2)69-67(73(85)79-57-21-13-7-14-22-57)65(51-17-9-5-10-18-51)71(53-25-29-55(77)30-26-53)81(69)35-33-59-45-61(47-63(83)94-59)96-75(87)92-43-41-90-39-37-89-38-40-91-42-44-93-76(88)97-62-46-60(95-64(84)48-62)34-36-82-70(50(3)4)68(74(86)80-58-23-15-8-16-24-58)66(52-19-11-6-12-20-52)72(82)54-27-31-56(78)32-28-54/h5-7,9-15,17-32,49-50,59-62H,8,16,33-48H2,1-4H3,(H,79,85)(H,80,86). The number of rotatable bonds is 30. The lowest BCUT2D eigenvalue weighted by molar-refractivity contribution is -0.162. The normalized spacial score (nSPS) is 16.9. The van der Waals surface area contributed by atoms with Crippen LogP contribution in [0.1, 0.15) is 123 Å². The number of esters is 2. The molecule has 2 N–H and O–H groups in total. The molecule has 7 aromatic rings. The second-order valence-corrected chi connectivity index (χ2v) is 24.4. The van der Waals surface area contributed by atoms with E-state index in [-0.39, 0.29) is 102 Å². The summed E-state index contributed by atoms with van der Waals surface area (Å²) >= 11 is 0. The number of carbonyl (C=O) groups excluding carboxylic acids is 6. The van der Waals surface area contributed by atoms with Gasteiger partial charge in [-0.15, -0.1) is 0 Å². The fourth-order valence-corrected chi connectivity index (χ4v) is 12.6. The largest absolute Gasteiger partial charge is 0.508 e. The number of cyclic esters (lactones) is 2. The molecule has 4 atom stereocenters. The van der Waals surface area contributed by atoms with Crippen molar-refractivity contribution in [1.29, 1.82) is 0 Å². The molecule has 21 heteroatoms. The van der Waals surface area contributed by atoms with Crippen LogP contribution < -0.4 is 10.6 Å². The second-order valence-electron chi connectivity index (χ2n) is 24.4. The number of nitrogens with zero attached hydrogens (tertiary/aromatic N) is 2.